The summed E-state index contributed by atoms with van der Waals surface area (Å²) >= 11 is 0. The first-order chi connectivity index (χ1) is 13.8. The standard InChI is InChI=1S/C20H21N3O5S/c1-15-9-12-22(13-10-15)29(26,27)18-6-7-20(19(14-18)23(24)25)28-17-4-2-16(3-5-17)8-11-21/h2-7,14-15H,8-10,12-13H2,1H3. The summed E-state index contributed by atoms with van der Waals surface area (Å²) in [7, 11) is -3.80. The smallest absolute Gasteiger partial charge is 0.312 e. The van der Waals surface area contributed by atoms with E-state index in [-0.39, 0.29) is 17.1 Å². The van der Waals surface area contributed by atoms with Crippen molar-refractivity contribution in [2.45, 2.75) is 31.1 Å². The van der Waals surface area contributed by atoms with Crippen molar-refractivity contribution in [3.05, 3.63) is 58.1 Å². The van der Waals surface area contributed by atoms with Gasteiger partial charge in [-0.3, -0.25) is 10.1 Å². The summed E-state index contributed by atoms with van der Waals surface area (Å²) in [4.78, 5) is 10.8. The lowest BCUT2D eigenvalue weighted by atomic mass is 10.0. The maximum atomic E-state index is 12.9. The molecule has 29 heavy (non-hydrogen) atoms. The summed E-state index contributed by atoms with van der Waals surface area (Å²) in [5.41, 5.74) is 0.379. The fourth-order valence-corrected chi connectivity index (χ4v) is 4.64. The fraction of sp³-hybridized carbons (Fsp3) is 0.350. The average Bonchev–Trinajstić information content (AvgIpc) is 2.70. The SMILES string of the molecule is CC1CCN(S(=O)(=O)c2ccc(Oc3ccc(CC#N)cc3)c([N+](=O)[O-])c2)CC1. The van der Waals surface area contributed by atoms with Gasteiger partial charge in [-0.1, -0.05) is 19.1 Å². The number of hydrogen-bond donors (Lipinski definition) is 0. The molecule has 0 saturated carbocycles. The minimum Gasteiger partial charge on any atom is -0.450 e. The van der Waals surface area contributed by atoms with Crippen molar-refractivity contribution in [2.24, 2.45) is 5.92 Å². The first kappa shape index (κ1) is 20.8. The van der Waals surface area contributed by atoms with Gasteiger partial charge in [0, 0.05) is 19.2 Å². The molecule has 0 unspecified atom stereocenters. The maximum absolute atomic E-state index is 12.9. The molecule has 1 aliphatic rings. The monoisotopic (exact) mass is 415 g/mol. The quantitative estimate of drug-likeness (QED) is 0.523. The highest BCUT2D eigenvalue weighted by molar-refractivity contribution is 7.89. The van der Waals surface area contributed by atoms with Gasteiger partial charge in [-0.25, -0.2) is 8.42 Å². The molecule has 2 aromatic rings. The van der Waals surface area contributed by atoms with Gasteiger partial charge in [0.1, 0.15) is 5.75 Å². The average molecular weight is 415 g/mol. The Labute approximate surface area is 169 Å². The molecule has 1 fully saturated rings. The Bertz CT molecular complexity index is 1040. The Morgan fingerprint density at radius 1 is 1.21 bits per heavy atom. The van der Waals surface area contributed by atoms with E-state index in [1.807, 2.05) is 6.07 Å². The molecule has 0 atom stereocenters. The van der Waals surface area contributed by atoms with Crippen LogP contribution in [0, 0.1) is 27.4 Å². The van der Waals surface area contributed by atoms with E-state index < -0.39 is 20.6 Å². The van der Waals surface area contributed by atoms with Gasteiger partial charge in [-0.2, -0.15) is 9.57 Å². The number of sulfonamides is 1. The summed E-state index contributed by atoms with van der Waals surface area (Å²) in [5.74, 6) is 0.774. The Morgan fingerprint density at radius 2 is 1.86 bits per heavy atom. The molecular formula is C20H21N3O5S. The van der Waals surface area contributed by atoms with E-state index in [0.29, 0.717) is 24.8 Å². The van der Waals surface area contributed by atoms with Crippen LogP contribution in [0.5, 0.6) is 11.5 Å². The van der Waals surface area contributed by atoms with Crippen LogP contribution in [0.15, 0.2) is 47.4 Å². The summed E-state index contributed by atoms with van der Waals surface area (Å²) in [6.07, 6.45) is 1.79. The van der Waals surface area contributed by atoms with Crippen LogP contribution in [0.4, 0.5) is 5.69 Å². The highest BCUT2D eigenvalue weighted by Crippen LogP contribution is 2.35. The molecule has 0 N–H and O–H groups in total. The predicted molar refractivity (Wildman–Crippen MR) is 106 cm³/mol. The molecule has 0 aliphatic carbocycles. The lowest BCUT2D eigenvalue weighted by Gasteiger charge is -2.29. The zero-order valence-corrected chi connectivity index (χ0v) is 16.8. The number of nitro groups is 1. The van der Waals surface area contributed by atoms with Gasteiger partial charge in [0.15, 0.2) is 0 Å². The second kappa shape index (κ2) is 8.59. The summed E-state index contributed by atoms with van der Waals surface area (Å²) in [6.45, 7) is 2.89. The van der Waals surface area contributed by atoms with E-state index in [9.17, 15) is 18.5 Å². The summed E-state index contributed by atoms with van der Waals surface area (Å²) < 4.78 is 32.7. The van der Waals surface area contributed by atoms with Crippen LogP contribution in [0.1, 0.15) is 25.3 Å². The first-order valence-corrected chi connectivity index (χ1v) is 10.7. The lowest BCUT2D eigenvalue weighted by Crippen LogP contribution is -2.37. The predicted octanol–water partition coefficient (Wildman–Crippen LogP) is 3.87. The summed E-state index contributed by atoms with van der Waals surface area (Å²) in [6, 6.07) is 12.3. The number of ether oxygens (including phenoxy) is 1. The molecule has 1 aliphatic heterocycles. The van der Waals surface area contributed by atoms with Crippen LogP contribution in [-0.2, 0) is 16.4 Å². The van der Waals surface area contributed by atoms with Crippen LogP contribution >= 0.6 is 0 Å². The normalized spacial score (nSPS) is 15.6. The number of hydrogen-bond acceptors (Lipinski definition) is 6. The molecule has 0 bridgehead atoms. The number of nitrogens with zero attached hydrogens (tertiary/aromatic N) is 3. The Balaban J connectivity index is 1.87. The van der Waals surface area contributed by atoms with E-state index in [4.69, 9.17) is 10.00 Å². The summed E-state index contributed by atoms with van der Waals surface area (Å²) in [5, 5.41) is 20.2. The zero-order chi connectivity index (χ0) is 21.0. The third kappa shape index (κ3) is 4.72. The molecule has 0 aromatic heterocycles. The van der Waals surface area contributed by atoms with Crippen molar-refractivity contribution in [3.8, 4) is 17.6 Å². The second-order valence-corrected chi connectivity index (χ2v) is 8.99. The maximum Gasteiger partial charge on any atom is 0.312 e. The van der Waals surface area contributed by atoms with Crippen molar-refractivity contribution in [2.75, 3.05) is 13.1 Å². The van der Waals surface area contributed by atoms with Gasteiger partial charge in [-0.15, -0.1) is 0 Å². The number of piperidine rings is 1. The van der Waals surface area contributed by atoms with E-state index in [2.05, 4.69) is 6.92 Å². The molecule has 152 valence electrons. The van der Waals surface area contributed by atoms with Crippen LogP contribution < -0.4 is 4.74 Å². The first-order valence-electron chi connectivity index (χ1n) is 9.23. The minimum atomic E-state index is -3.80. The fourth-order valence-electron chi connectivity index (χ4n) is 3.15. The van der Waals surface area contributed by atoms with Crippen molar-refractivity contribution in [1.82, 2.24) is 4.31 Å². The Kier molecular flexibility index (Phi) is 6.15. The minimum absolute atomic E-state index is 0.0470. The van der Waals surface area contributed by atoms with Crippen molar-refractivity contribution in [1.29, 1.82) is 5.26 Å². The van der Waals surface area contributed by atoms with Gasteiger partial charge >= 0.3 is 5.69 Å². The number of nitro benzene ring substituents is 1. The molecule has 3 rings (SSSR count). The van der Waals surface area contributed by atoms with Gasteiger partial charge in [0.25, 0.3) is 0 Å². The van der Waals surface area contributed by atoms with Crippen LogP contribution in [-0.4, -0.2) is 30.7 Å². The highest BCUT2D eigenvalue weighted by Gasteiger charge is 2.30. The molecule has 1 saturated heterocycles. The van der Waals surface area contributed by atoms with Crippen molar-refractivity contribution in [3.63, 3.8) is 0 Å². The largest absolute Gasteiger partial charge is 0.450 e. The van der Waals surface area contributed by atoms with Gasteiger partial charge in [-0.05, 0) is 48.6 Å². The number of rotatable bonds is 6. The molecule has 9 heteroatoms. The van der Waals surface area contributed by atoms with E-state index >= 15 is 0 Å². The Morgan fingerprint density at radius 3 is 2.45 bits per heavy atom. The highest BCUT2D eigenvalue weighted by atomic mass is 32.2. The number of benzene rings is 2. The van der Waals surface area contributed by atoms with Crippen LogP contribution in [0.3, 0.4) is 0 Å². The third-order valence-electron chi connectivity index (χ3n) is 4.94. The van der Waals surface area contributed by atoms with Crippen LogP contribution in [0.2, 0.25) is 0 Å². The Hall–Kier alpha value is -2.96. The van der Waals surface area contributed by atoms with Crippen molar-refractivity contribution >= 4 is 15.7 Å². The molecule has 0 amide bonds. The lowest BCUT2D eigenvalue weighted by molar-refractivity contribution is -0.385. The third-order valence-corrected chi connectivity index (χ3v) is 6.84. The number of nitriles is 1. The van der Waals surface area contributed by atoms with E-state index in [1.165, 1.54) is 16.4 Å². The molecule has 2 aromatic carbocycles. The van der Waals surface area contributed by atoms with Gasteiger partial charge in [0.05, 0.1) is 22.3 Å². The van der Waals surface area contributed by atoms with E-state index in [0.717, 1.165) is 24.5 Å². The van der Waals surface area contributed by atoms with Gasteiger partial charge in [0.2, 0.25) is 15.8 Å². The zero-order valence-electron chi connectivity index (χ0n) is 15.9. The molecule has 0 spiro atoms. The molecule has 8 nitrogen and oxygen atoms in total. The van der Waals surface area contributed by atoms with Gasteiger partial charge < -0.3 is 4.74 Å². The topological polar surface area (TPSA) is 114 Å². The molecule has 1 heterocycles. The second-order valence-electron chi connectivity index (χ2n) is 7.05. The van der Waals surface area contributed by atoms with Crippen LogP contribution in [0.25, 0.3) is 0 Å². The molecular weight excluding hydrogens is 394 g/mol. The van der Waals surface area contributed by atoms with E-state index in [1.54, 1.807) is 24.3 Å². The molecule has 0 radical (unpaired) electrons. The van der Waals surface area contributed by atoms with Crippen molar-refractivity contribution < 1.29 is 18.1 Å².